The van der Waals surface area contributed by atoms with Gasteiger partial charge in [-0.1, -0.05) is 23.5 Å². The molecule has 3 rings (SSSR count). The molecule has 0 spiro atoms. The third-order valence-electron chi connectivity index (χ3n) is 4.06. The van der Waals surface area contributed by atoms with E-state index < -0.39 is 0 Å². The van der Waals surface area contributed by atoms with Crippen molar-refractivity contribution in [2.24, 2.45) is 0 Å². The number of benzene rings is 1. The lowest BCUT2D eigenvalue weighted by atomic mass is 10.1. The quantitative estimate of drug-likeness (QED) is 0.539. The van der Waals surface area contributed by atoms with E-state index in [1.165, 1.54) is 22.2 Å². The fraction of sp³-hybridized carbons (Fsp3) is 0.222. The third kappa shape index (κ3) is 3.51. The zero-order valence-corrected chi connectivity index (χ0v) is 16.1. The number of fused-ring (bicyclic) bond motifs is 1. The number of aromatic nitrogens is 3. The van der Waals surface area contributed by atoms with Gasteiger partial charge in [0.05, 0.1) is 0 Å². The van der Waals surface area contributed by atoms with Gasteiger partial charge in [0.1, 0.15) is 17.6 Å². The highest BCUT2D eigenvalue weighted by Gasteiger charge is 2.13. The molecule has 0 aliphatic carbocycles. The summed E-state index contributed by atoms with van der Waals surface area (Å²) >= 11 is 6.48. The number of amides is 1. The summed E-state index contributed by atoms with van der Waals surface area (Å²) in [5.74, 6) is -0.286. The molecule has 0 unspecified atom stereocenters. The first-order chi connectivity index (χ1) is 12.4. The largest absolute Gasteiger partial charge is 0.325 e. The van der Waals surface area contributed by atoms with Crippen LogP contribution in [-0.2, 0) is 17.9 Å². The average Bonchev–Trinajstić information content (AvgIpc) is 2.91. The number of nitrogens with zero attached hydrogens (tertiary/aromatic N) is 3. The minimum Gasteiger partial charge on any atom is -0.325 e. The number of allylic oxidation sites excluding steroid dienone is 1. The number of rotatable bonds is 5. The molecular formula is C18H18N4O2S2. The molecule has 1 amide bonds. The zero-order chi connectivity index (χ0) is 18.8. The molecule has 26 heavy (non-hydrogen) atoms. The van der Waals surface area contributed by atoms with Gasteiger partial charge in [0.25, 0.3) is 5.56 Å². The molecule has 0 saturated carbocycles. The molecule has 0 atom stereocenters. The van der Waals surface area contributed by atoms with Gasteiger partial charge in [0, 0.05) is 12.2 Å². The summed E-state index contributed by atoms with van der Waals surface area (Å²) in [5, 5.41) is 2.81. The van der Waals surface area contributed by atoms with Crippen molar-refractivity contribution >= 4 is 45.5 Å². The lowest BCUT2D eigenvalue weighted by Gasteiger charge is -2.09. The molecule has 0 bridgehead atoms. The maximum atomic E-state index is 12.7. The first-order valence-electron chi connectivity index (χ1n) is 7.97. The molecule has 6 nitrogen and oxygen atoms in total. The van der Waals surface area contributed by atoms with Crippen LogP contribution in [0.4, 0.5) is 5.69 Å². The Balaban J connectivity index is 1.86. The first kappa shape index (κ1) is 18.2. The van der Waals surface area contributed by atoms with Crippen molar-refractivity contribution in [1.29, 1.82) is 0 Å². The SMILES string of the molecule is C=CCn1c(=S)sc2c(=O)n(CC(=O)Nc3ccc(C)c(C)c3)cnc21. The van der Waals surface area contributed by atoms with Crippen LogP contribution >= 0.6 is 23.6 Å². The fourth-order valence-corrected chi connectivity index (χ4v) is 3.86. The predicted molar refractivity (Wildman–Crippen MR) is 107 cm³/mol. The molecule has 0 aliphatic heterocycles. The van der Waals surface area contributed by atoms with Crippen molar-refractivity contribution in [3.8, 4) is 0 Å². The van der Waals surface area contributed by atoms with Crippen LogP contribution in [0.15, 0.2) is 42.0 Å². The maximum absolute atomic E-state index is 12.7. The molecule has 0 fully saturated rings. The van der Waals surface area contributed by atoms with E-state index in [2.05, 4.69) is 16.9 Å². The smallest absolute Gasteiger partial charge is 0.273 e. The topological polar surface area (TPSA) is 68.9 Å². The minimum atomic E-state index is -0.286. The molecule has 2 aromatic heterocycles. The summed E-state index contributed by atoms with van der Waals surface area (Å²) < 4.78 is 4.05. The number of aryl methyl sites for hydroxylation is 2. The van der Waals surface area contributed by atoms with E-state index in [4.69, 9.17) is 12.2 Å². The molecule has 134 valence electrons. The lowest BCUT2D eigenvalue weighted by Crippen LogP contribution is -2.27. The highest BCUT2D eigenvalue weighted by atomic mass is 32.1. The molecule has 0 saturated heterocycles. The van der Waals surface area contributed by atoms with E-state index >= 15 is 0 Å². The minimum absolute atomic E-state index is 0.110. The number of anilines is 1. The first-order valence-corrected chi connectivity index (χ1v) is 9.20. The number of hydrogen-bond donors (Lipinski definition) is 1. The van der Waals surface area contributed by atoms with Gasteiger partial charge in [-0.05, 0) is 49.3 Å². The number of carbonyl (C=O) groups is 1. The van der Waals surface area contributed by atoms with Gasteiger partial charge in [0.2, 0.25) is 5.91 Å². The van der Waals surface area contributed by atoms with Gasteiger partial charge in [-0.15, -0.1) is 6.58 Å². The third-order valence-corrected chi connectivity index (χ3v) is 5.49. The standard InChI is InChI=1S/C18H18N4O2S2/c1-4-7-22-16-15(26-18(22)25)17(24)21(10-19-16)9-14(23)20-13-6-5-11(2)12(3)8-13/h4-6,8,10H,1,7,9H2,2-3H3,(H,20,23). The van der Waals surface area contributed by atoms with Crippen LogP contribution in [-0.4, -0.2) is 20.0 Å². The van der Waals surface area contributed by atoms with Crippen molar-refractivity contribution < 1.29 is 4.79 Å². The van der Waals surface area contributed by atoms with E-state index in [-0.39, 0.29) is 18.0 Å². The van der Waals surface area contributed by atoms with Crippen LogP contribution in [0.25, 0.3) is 10.3 Å². The molecule has 3 aromatic rings. The highest BCUT2D eigenvalue weighted by molar-refractivity contribution is 7.73. The molecule has 0 radical (unpaired) electrons. The summed E-state index contributed by atoms with van der Waals surface area (Å²) in [5.41, 5.74) is 3.19. The van der Waals surface area contributed by atoms with Crippen LogP contribution in [0.1, 0.15) is 11.1 Å². The van der Waals surface area contributed by atoms with E-state index in [1.54, 1.807) is 10.6 Å². The molecule has 1 aromatic carbocycles. The van der Waals surface area contributed by atoms with E-state index in [0.717, 1.165) is 11.1 Å². The molecule has 8 heteroatoms. The monoisotopic (exact) mass is 386 g/mol. The molecule has 0 aliphatic rings. The lowest BCUT2D eigenvalue weighted by molar-refractivity contribution is -0.116. The second kappa shape index (κ2) is 7.35. The van der Waals surface area contributed by atoms with Crippen LogP contribution < -0.4 is 10.9 Å². The van der Waals surface area contributed by atoms with E-state index in [1.807, 2.05) is 32.0 Å². The van der Waals surface area contributed by atoms with Crippen molar-refractivity contribution in [1.82, 2.24) is 14.1 Å². The number of hydrogen-bond acceptors (Lipinski definition) is 5. The maximum Gasteiger partial charge on any atom is 0.273 e. The van der Waals surface area contributed by atoms with Crippen LogP contribution in [0.3, 0.4) is 0 Å². The second-order valence-corrected chi connectivity index (χ2v) is 7.59. The van der Waals surface area contributed by atoms with E-state index in [9.17, 15) is 9.59 Å². The van der Waals surface area contributed by atoms with Crippen molar-refractivity contribution in [3.63, 3.8) is 0 Å². The fourth-order valence-electron chi connectivity index (χ4n) is 2.55. The van der Waals surface area contributed by atoms with Gasteiger partial charge >= 0.3 is 0 Å². The highest BCUT2D eigenvalue weighted by Crippen LogP contribution is 2.18. The van der Waals surface area contributed by atoms with Gasteiger partial charge in [-0.3, -0.25) is 14.2 Å². The summed E-state index contributed by atoms with van der Waals surface area (Å²) in [6, 6.07) is 5.68. The Hall–Kier alpha value is -2.58. The van der Waals surface area contributed by atoms with Gasteiger partial charge in [0.15, 0.2) is 9.60 Å². The summed E-state index contributed by atoms with van der Waals surface area (Å²) in [6.07, 6.45) is 3.08. The van der Waals surface area contributed by atoms with Crippen LogP contribution in [0, 0.1) is 17.8 Å². The van der Waals surface area contributed by atoms with Gasteiger partial charge < -0.3 is 9.88 Å². The zero-order valence-electron chi connectivity index (χ0n) is 14.5. The van der Waals surface area contributed by atoms with Crippen molar-refractivity contribution in [2.45, 2.75) is 26.9 Å². The molecule has 1 N–H and O–H groups in total. The Kier molecular flexibility index (Phi) is 5.15. The number of carbonyl (C=O) groups excluding carboxylic acids is 1. The Morgan fingerprint density at radius 3 is 2.85 bits per heavy atom. The van der Waals surface area contributed by atoms with E-state index in [0.29, 0.717) is 26.5 Å². The summed E-state index contributed by atoms with van der Waals surface area (Å²) in [6.45, 7) is 8.06. The predicted octanol–water partition coefficient (Wildman–Crippen LogP) is 3.43. The Bertz CT molecular complexity index is 1120. The van der Waals surface area contributed by atoms with Crippen molar-refractivity contribution in [3.05, 3.63) is 62.6 Å². The average molecular weight is 387 g/mol. The van der Waals surface area contributed by atoms with Crippen molar-refractivity contribution in [2.75, 3.05) is 5.32 Å². The van der Waals surface area contributed by atoms with Crippen LogP contribution in [0.5, 0.6) is 0 Å². The van der Waals surface area contributed by atoms with Gasteiger partial charge in [-0.25, -0.2) is 4.98 Å². The second-order valence-electron chi connectivity index (χ2n) is 5.94. The normalized spacial score (nSPS) is 10.8. The summed E-state index contributed by atoms with van der Waals surface area (Å²) in [7, 11) is 0. The number of thiazole rings is 1. The molecule has 2 heterocycles. The Morgan fingerprint density at radius 1 is 1.38 bits per heavy atom. The number of nitrogens with one attached hydrogen (secondary N) is 1. The molecular weight excluding hydrogens is 368 g/mol. The van der Waals surface area contributed by atoms with Gasteiger partial charge in [-0.2, -0.15) is 0 Å². The van der Waals surface area contributed by atoms with Crippen LogP contribution in [0.2, 0.25) is 0 Å². The Morgan fingerprint density at radius 2 is 2.15 bits per heavy atom. The Labute approximate surface area is 159 Å². The summed E-state index contributed by atoms with van der Waals surface area (Å²) in [4.78, 5) is 29.3.